The molecule has 3 nitrogen and oxygen atoms in total. The summed E-state index contributed by atoms with van der Waals surface area (Å²) in [6.07, 6.45) is 1.00. The minimum absolute atomic E-state index is 0.178. The van der Waals surface area contributed by atoms with Crippen LogP contribution in [0.25, 0.3) is 0 Å². The zero-order valence-electron chi connectivity index (χ0n) is 17.3. The van der Waals surface area contributed by atoms with Crippen LogP contribution >= 0.6 is 0 Å². The summed E-state index contributed by atoms with van der Waals surface area (Å²) in [7, 11) is 0. The van der Waals surface area contributed by atoms with Crippen molar-refractivity contribution in [2.75, 3.05) is 6.54 Å². The molecule has 0 aromatic heterocycles. The van der Waals surface area contributed by atoms with E-state index in [0.717, 1.165) is 30.2 Å². The Morgan fingerprint density at radius 1 is 0.710 bits per heavy atom. The third kappa shape index (κ3) is 4.62. The van der Waals surface area contributed by atoms with Crippen molar-refractivity contribution in [1.29, 1.82) is 0 Å². The fourth-order valence-corrected chi connectivity index (χ4v) is 4.02. The standard InChI is InChI=1S/C28H25NO2/c1-3-7-21(8-4-1)20-30-26-15-16-27-23(19-26)17-18-29-28(27)22-11-13-25(14-12-22)31-24-9-5-2-6-10-24/h1-16,19,28-29H,17-18,20H2. The Balaban J connectivity index is 1.30. The van der Waals surface area contributed by atoms with Crippen molar-refractivity contribution < 1.29 is 9.47 Å². The maximum absolute atomic E-state index is 6.03. The Kier molecular flexibility index (Phi) is 5.68. The van der Waals surface area contributed by atoms with E-state index in [0.29, 0.717) is 6.61 Å². The second kappa shape index (κ2) is 9.07. The van der Waals surface area contributed by atoms with Gasteiger partial charge < -0.3 is 14.8 Å². The third-order valence-corrected chi connectivity index (χ3v) is 5.61. The maximum Gasteiger partial charge on any atom is 0.127 e. The van der Waals surface area contributed by atoms with Gasteiger partial charge in [0.15, 0.2) is 0 Å². The number of rotatable bonds is 6. The van der Waals surface area contributed by atoms with Gasteiger partial charge in [0.05, 0.1) is 6.04 Å². The highest BCUT2D eigenvalue weighted by atomic mass is 16.5. The van der Waals surface area contributed by atoms with Crippen LogP contribution < -0.4 is 14.8 Å². The first kappa shape index (κ1) is 19.4. The summed E-state index contributed by atoms with van der Waals surface area (Å²) in [5.74, 6) is 2.62. The molecule has 1 aliphatic heterocycles. The summed E-state index contributed by atoms with van der Waals surface area (Å²) >= 11 is 0. The second-order valence-corrected chi connectivity index (χ2v) is 7.76. The monoisotopic (exact) mass is 407 g/mol. The van der Waals surface area contributed by atoms with Crippen LogP contribution in [0.3, 0.4) is 0 Å². The molecule has 3 heteroatoms. The molecule has 0 fully saturated rings. The number of hydrogen-bond donors (Lipinski definition) is 1. The molecule has 0 bridgehead atoms. The molecule has 1 aliphatic rings. The lowest BCUT2D eigenvalue weighted by atomic mass is 9.89. The normalized spacial score (nSPS) is 15.2. The topological polar surface area (TPSA) is 30.5 Å². The smallest absolute Gasteiger partial charge is 0.127 e. The molecular weight excluding hydrogens is 382 g/mol. The number of hydrogen-bond acceptors (Lipinski definition) is 3. The lowest BCUT2D eigenvalue weighted by molar-refractivity contribution is 0.305. The van der Waals surface area contributed by atoms with Crippen molar-refractivity contribution in [3.05, 3.63) is 125 Å². The highest BCUT2D eigenvalue weighted by Gasteiger charge is 2.21. The molecular formula is C28H25NO2. The van der Waals surface area contributed by atoms with Gasteiger partial charge >= 0.3 is 0 Å². The molecule has 0 saturated carbocycles. The van der Waals surface area contributed by atoms with E-state index in [9.17, 15) is 0 Å². The highest BCUT2D eigenvalue weighted by Crippen LogP contribution is 2.32. The molecule has 154 valence electrons. The van der Waals surface area contributed by atoms with Gasteiger partial charge in [-0.15, -0.1) is 0 Å². The van der Waals surface area contributed by atoms with Crippen molar-refractivity contribution in [1.82, 2.24) is 5.32 Å². The highest BCUT2D eigenvalue weighted by molar-refractivity contribution is 5.45. The molecule has 4 aromatic carbocycles. The molecule has 4 aromatic rings. The molecule has 0 amide bonds. The fourth-order valence-electron chi connectivity index (χ4n) is 4.02. The van der Waals surface area contributed by atoms with Gasteiger partial charge in [-0.25, -0.2) is 0 Å². The van der Waals surface area contributed by atoms with Crippen molar-refractivity contribution in [2.45, 2.75) is 19.1 Å². The quantitative estimate of drug-likeness (QED) is 0.407. The molecule has 0 saturated heterocycles. The number of nitrogens with one attached hydrogen (secondary N) is 1. The average Bonchev–Trinajstić information content (AvgIpc) is 2.84. The third-order valence-electron chi connectivity index (χ3n) is 5.61. The van der Waals surface area contributed by atoms with Gasteiger partial charge in [-0.1, -0.05) is 66.7 Å². The van der Waals surface area contributed by atoms with Gasteiger partial charge in [0.1, 0.15) is 23.9 Å². The van der Waals surface area contributed by atoms with Gasteiger partial charge in [-0.3, -0.25) is 0 Å². The van der Waals surface area contributed by atoms with Crippen LogP contribution in [-0.2, 0) is 13.0 Å². The van der Waals surface area contributed by atoms with Gasteiger partial charge in [0.25, 0.3) is 0 Å². The van der Waals surface area contributed by atoms with E-state index in [2.05, 4.69) is 47.8 Å². The fraction of sp³-hybridized carbons (Fsp3) is 0.143. The Morgan fingerprint density at radius 3 is 2.16 bits per heavy atom. The van der Waals surface area contributed by atoms with Crippen LogP contribution in [0.5, 0.6) is 17.2 Å². The lowest BCUT2D eigenvalue weighted by Gasteiger charge is -2.28. The number of fused-ring (bicyclic) bond motifs is 1. The summed E-state index contributed by atoms with van der Waals surface area (Å²) in [5, 5.41) is 3.66. The van der Waals surface area contributed by atoms with Gasteiger partial charge in [-0.05, 0) is 65.1 Å². The molecule has 5 rings (SSSR count). The van der Waals surface area contributed by atoms with E-state index in [1.807, 2.05) is 60.7 Å². The number of benzene rings is 4. The van der Waals surface area contributed by atoms with Crippen LogP contribution in [0.15, 0.2) is 103 Å². The molecule has 0 spiro atoms. The van der Waals surface area contributed by atoms with Gasteiger partial charge in [0, 0.05) is 6.54 Å². The SMILES string of the molecule is c1ccc(COc2ccc3c(c2)CCNC3c2ccc(Oc3ccccc3)cc2)cc1. The Labute approximate surface area is 183 Å². The van der Waals surface area contributed by atoms with E-state index in [4.69, 9.17) is 9.47 Å². The summed E-state index contributed by atoms with van der Waals surface area (Å²) in [6, 6.07) is 35.1. The van der Waals surface area contributed by atoms with Gasteiger partial charge in [-0.2, -0.15) is 0 Å². The first-order chi connectivity index (χ1) is 15.3. The molecule has 1 heterocycles. The van der Waals surface area contributed by atoms with Crippen molar-refractivity contribution in [2.24, 2.45) is 0 Å². The van der Waals surface area contributed by atoms with E-state index in [1.54, 1.807) is 0 Å². The van der Waals surface area contributed by atoms with E-state index >= 15 is 0 Å². The zero-order chi connectivity index (χ0) is 20.9. The molecule has 0 radical (unpaired) electrons. The van der Waals surface area contributed by atoms with Crippen LogP contribution in [0.2, 0.25) is 0 Å². The lowest BCUT2D eigenvalue weighted by Crippen LogP contribution is -2.30. The Morgan fingerprint density at radius 2 is 1.39 bits per heavy atom. The zero-order valence-corrected chi connectivity index (χ0v) is 17.3. The van der Waals surface area contributed by atoms with E-state index in [-0.39, 0.29) is 6.04 Å². The van der Waals surface area contributed by atoms with Crippen LogP contribution in [0.1, 0.15) is 28.3 Å². The van der Waals surface area contributed by atoms with Gasteiger partial charge in [0.2, 0.25) is 0 Å². The van der Waals surface area contributed by atoms with Crippen molar-refractivity contribution in [3.8, 4) is 17.2 Å². The predicted octanol–water partition coefficient (Wildman–Crippen LogP) is 6.29. The first-order valence-corrected chi connectivity index (χ1v) is 10.7. The Hall–Kier alpha value is -3.56. The second-order valence-electron chi connectivity index (χ2n) is 7.76. The summed E-state index contributed by atoms with van der Waals surface area (Å²) in [6.45, 7) is 1.53. The van der Waals surface area contributed by atoms with Crippen LogP contribution in [0, 0.1) is 0 Å². The molecule has 0 aliphatic carbocycles. The molecule has 1 N–H and O–H groups in total. The average molecular weight is 408 g/mol. The number of ether oxygens (including phenoxy) is 2. The van der Waals surface area contributed by atoms with E-state index in [1.165, 1.54) is 22.3 Å². The molecule has 1 atom stereocenters. The summed E-state index contributed by atoms with van der Waals surface area (Å²) < 4.78 is 12.0. The van der Waals surface area contributed by atoms with Crippen molar-refractivity contribution >= 4 is 0 Å². The summed E-state index contributed by atoms with van der Waals surface area (Å²) in [5.41, 5.74) is 5.07. The largest absolute Gasteiger partial charge is 0.489 e. The van der Waals surface area contributed by atoms with Crippen LogP contribution in [0.4, 0.5) is 0 Å². The molecule has 31 heavy (non-hydrogen) atoms. The van der Waals surface area contributed by atoms with Crippen molar-refractivity contribution in [3.63, 3.8) is 0 Å². The Bertz CT molecular complexity index is 1120. The van der Waals surface area contributed by atoms with Crippen LogP contribution in [-0.4, -0.2) is 6.54 Å². The first-order valence-electron chi connectivity index (χ1n) is 10.7. The number of para-hydroxylation sites is 1. The minimum atomic E-state index is 0.178. The maximum atomic E-state index is 6.03. The predicted molar refractivity (Wildman–Crippen MR) is 124 cm³/mol. The minimum Gasteiger partial charge on any atom is -0.489 e. The summed E-state index contributed by atoms with van der Waals surface area (Å²) in [4.78, 5) is 0. The van der Waals surface area contributed by atoms with E-state index < -0.39 is 0 Å². The molecule has 1 unspecified atom stereocenters.